The molecule has 0 radical (unpaired) electrons. The highest BCUT2D eigenvalue weighted by atomic mass is 16.2. The van der Waals surface area contributed by atoms with E-state index in [0.29, 0.717) is 12.5 Å². The maximum absolute atomic E-state index is 12.7. The lowest BCUT2D eigenvalue weighted by Crippen LogP contribution is -2.50. The maximum Gasteiger partial charge on any atom is 0.249 e. The van der Waals surface area contributed by atoms with E-state index in [4.69, 9.17) is 0 Å². The van der Waals surface area contributed by atoms with Crippen LogP contribution in [0.1, 0.15) is 32.3 Å². The Hall–Kier alpha value is -2.14. The minimum absolute atomic E-state index is 0.137. The quantitative estimate of drug-likeness (QED) is 0.678. The van der Waals surface area contributed by atoms with E-state index < -0.39 is 0 Å². The molecule has 0 aromatic heterocycles. The number of nitrogens with zero attached hydrogens (tertiary/aromatic N) is 3. The van der Waals surface area contributed by atoms with Crippen molar-refractivity contribution in [3.8, 4) is 0 Å². The molecule has 1 atom stereocenters. The van der Waals surface area contributed by atoms with Gasteiger partial charge in [0.25, 0.3) is 0 Å². The van der Waals surface area contributed by atoms with Gasteiger partial charge in [-0.15, -0.1) is 0 Å². The van der Waals surface area contributed by atoms with Crippen LogP contribution in [0.2, 0.25) is 0 Å². The Kier molecular flexibility index (Phi) is 8.24. The van der Waals surface area contributed by atoms with Gasteiger partial charge in [-0.25, -0.2) is 0 Å². The highest BCUT2D eigenvalue weighted by Crippen LogP contribution is 2.27. The number of hydrogen-bond donors (Lipinski definition) is 0. The van der Waals surface area contributed by atoms with E-state index in [-0.39, 0.29) is 17.9 Å². The Labute approximate surface area is 170 Å². The van der Waals surface area contributed by atoms with E-state index in [1.54, 1.807) is 0 Å². The Morgan fingerprint density at radius 3 is 2.29 bits per heavy atom. The third-order valence-corrected chi connectivity index (χ3v) is 5.77. The monoisotopic (exact) mass is 385 g/mol. The number of likely N-dealkylation sites (tertiary alicyclic amines) is 1. The van der Waals surface area contributed by atoms with Gasteiger partial charge in [0.05, 0.1) is 6.54 Å². The van der Waals surface area contributed by atoms with Crippen LogP contribution in [0.5, 0.6) is 0 Å². The standard InChI is InChI=1S/C23H35N3O2/c1-6-18(2)23(28)26-14-12-20(13-15-26)21(16-19-10-8-7-9-11-19)25(5)22(27)17-24(3)4/h6-11,20-21H,12-17H2,1-5H3/b18-6+/t21-/m0/s1. The molecule has 1 heterocycles. The van der Waals surface area contributed by atoms with Gasteiger partial charge in [-0.3, -0.25) is 9.59 Å². The fourth-order valence-electron chi connectivity index (χ4n) is 3.90. The molecule has 0 spiro atoms. The van der Waals surface area contributed by atoms with Crippen LogP contribution in [0.15, 0.2) is 42.0 Å². The number of rotatable bonds is 7. The van der Waals surface area contributed by atoms with Crippen molar-refractivity contribution in [2.75, 3.05) is 40.8 Å². The van der Waals surface area contributed by atoms with E-state index in [9.17, 15) is 9.59 Å². The number of carbonyl (C=O) groups is 2. The molecule has 0 aliphatic carbocycles. The molecule has 0 saturated carbocycles. The van der Waals surface area contributed by atoms with E-state index >= 15 is 0 Å². The molecular weight excluding hydrogens is 350 g/mol. The van der Waals surface area contributed by atoms with E-state index in [2.05, 4.69) is 24.3 Å². The van der Waals surface area contributed by atoms with Gasteiger partial charge in [0, 0.05) is 31.8 Å². The van der Waals surface area contributed by atoms with Gasteiger partial charge in [-0.05, 0) is 58.7 Å². The molecule has 1 saturated heterocycles. The molecule has 1 aromatic rings. The lowest BCUT2D eigenvalue weighted by molar-refractivity contribution is -0.135. The van der Waals surface area contributed by atoms with Crippen LogP contribution in [-0.2, 0) is 16.0 Å². The van der Waals surface area contributed by atoms with Crippen molar-refractivity contribution in [1.29, 1.82) is 0 Å². The topological polar surface area (TPSA) is 43.9 Å². The van der Waals surface area contributed by atoms with Crippen molar-refractivity contribution in [1.82, 2.24) is 14.7 Å². The number of allylic oxidation sites excluding steroid dienone is 1. The Balaban J connectivity index is 2.11. The minimum atomic E-state index is 0.137. The molecule has 1 aromatic carbocycles. The van der Waals surface area contributed by atoms with Crippen LogP contribution >= 0.6 is 0 Å². The summed E-state index contributed by atoms with van der Waals surface area (Å²) in [5, 5.41) is 0. The summed E-state index contributed by atoms with van der Waals surface area (Å²) in [5.74, 6) is 0.679. The molecule has 2 rings (SSSR count). The van der Waals surface area contributed by atoms with Crippen LogP contribution in [0.4, 0.5) is 0 Å². The summed E-state index contributed by atoms with van der Waals surface area (Å²) in [5.41, 5.74) is 2.05. The second kappa shape index (κ2) is 10.4. The number of likely N-dealkylation sites (N-methyl/N-ethyl adjacent to an activating group) is 2. The van der Waals surface area contributed by atoms with E-state index in [1.165, 1.54) is 5.56 Å². The average Bonchev–Trinajstić information content (AvgIpc) is 2.70. The average molecular weight is 386 g/mol. The fraction of sp³-hybridized carbons (Fsp3) is 0.565. The zero-order valence-corrected chi connectivity index (χ0v) is 18.0. The summed E-state index contributed by atoms with van der Waals surface area (Å²) >= 11 is 0. The first kappa shape index (κ1) is 22.2. The molecule has 0 bridgehead atoms. The predicted octanol–water partition coefficient (Wildman–Crippen LogP) is 2.82. The van der Waals surface area contributed by atoms with Gasteiger partial charge in [-0.1, -0.05) is 36.4 Å². The summed E-state index contributed by atoms with van der Waals surface area (Å²) < 4.78 is 0. The second-order valence-electron chi connectivity index (χ2n) is 8.10. The third-order valence-electron chi connectivity index (χ3n) is 5.77. The molecule has 1 aliphatic rings. The summed E-state index contributed by atoms with van der Waals surface area (Å²) in [7, 11) is 5.78. The van der Waals surface area contributed by atoms with Gasteiger partial charge in [0.15, 0.2) is 0 Å². The normalized spacial score (nSPS) is 16.9. The SMILES string of the molecule is C/C=C(\C)C(=O)N1CCC([C@H](Cc2ccccc2)N(C)C(=O)CN(C)C)CC1. The van der Waals surface area contributed by atoms with Gasteiger partial charge in [-0.2, -0.15) is 0 Å². The Morgan fingerprint density at radius 2 is 1.75 bits per heavy atom. The fourth-order valence-corrected chi connectivity index (χ4v) is 3.90. The number of piperidine rings is 1. The highest BCUT2D eigenvalue weighted by molar-refractivity contribution is 5.92. The van der Waals surface area contributed by atoms with Crippen molar-refractivity contribution in [2.45, 2.75) is 39.2 Å². The zero-order chi connectivity index (χ0) is 20.7. The molecule has 1 fully saturated rings. The molecule has 5 heteroatoms. The van der Waals surface area contributed by atoms with Crippen LogP contribution in [0, 0.1) is 5.92 Å². The van der Waals surface area contributed by atoms with Crippen molar-refractivity contribution in [2.24, 2.45) is 5.92 Å². The lowest BCUT2D eigenvalue weighted by Gasteiger charge is -2.40. The maximum atomic E-state index is 12.7. The van der Waals surface area contributed by atoms with Crippen LogP contribution in [0.3, 0.4) is 0 Å². The molecule has 2 amide bonds. The first-order valence-corrected chi connectivity index (χ1v) is 10.2. The summed E-state index contributed by atoms with van der Waals surface area (Å²) in [4.78, 5) is 31.0. The molecule has 1 aliphatic heterocycles. The number of benzene rings is 1. The predicted molar refractivity (Wildman–Crippen MR) is 114 cm³/mol. The van der Waals surface area contributed by atoms with Crippen LogP contribution in [-0.4, -0.2) is 73.3 Å². The van der Waals surface area contributed by atoms with E-state index in [0.717, 1.165) is 37.9 Å². The molecule has 5 nitrogen and oxygen atoms in total. The smallest absolute Gasteiger partial charge is 0.249 e. The molecule has 28 heavy (non-hydrogen) atoms. The number of amides is 2. The first-order chi connectivity index (χ1) is 13.3. The van der Waals surface area contributed by atoms with Crippen molar-refractivity contribution in [3.05, 3.63) is 47.5 Å². The van der Waals surface area contributed by atoms with Crippen molar-refractivity contribution in [3.63, 3.8) is 0 Å². The third kappa shape index (κ3) is 5.93. The Morgan fingerprint density at radius 1 is 1.14 bits per heavy atom. The van der Waals surface area contributed by atoms with Crippen molar-refractivity contribution < 1.29 is 9.59 Å². The van der Waals surface area contributed by atoms with E-state index in [1.807, 2.05) is 61.8 Å². The molecule has 154 valence electrons. The minimum Gasteiger partial charge on any atom is -0.341 e. The van der Waals surface area contributed by atoms with Gasteiger partial charge >= 0.3 is 0 Å². The summed E-state index contributed by atoms with van der Waals surface area (Å²) in [6, 6.07) is 10.5. The largest absolute Gasteiger partial charge is 0.341 e. The van der Waals surface area contributed by atoms with Gasteiger partial charge in [0.1, 0.15) is 0 Å². The van der Waals surface area contributed by atoms with Gasteiger partial charge in [0.2, 0.25) is 11.8 Å². The lowest BCUT2D eigenvalue weighted by atomic mass is 9.84. The molecule has 0 unspecified atom stereocenters. The number of hydrogen-bond acceptors (Lipinski definition) is 3. The summed E-state index contributed by atoms with van der Waals surface area (Å²) in [6.07, 6.45) is 4.59. The van der Waals surface area contributed by atoms with Crippen molar-refractivity contribution >= 4 is 11.8 Å². The first-order valence-electron chi connectivity index (χ1n) is 10.2. The Bertz CT molecular complexity index is 676. The molecular formula is C23H35N3O2. The molecule has 0 N–H and O–H groups in total. The highest BCUT2D eigenvalue weighted by Gasteiger charge is 2.32. The van der Waals surface area contributed by atoms with Crippen LogP contribution in [0.25, 0.3) is 0 Å². The number of carbonyl (C=O) groups excluding carboxylic acids is 2. The second-order valence-corrected chi connectivity index (χ2v) is 8.10. The van der Waals surface area contributed by atoms with Gasteiger partial charge < -0.3 is 14.7 Å². The zero-order valence-electron chi connectivity index (χ0n) is 18.0. The summed E-state index contributed by atoms with van der Waals surface area (Å²) in [6.45, 7) is 5.71. The van der Waals surface area contributed by atoms with Crippen LogP contribution < -0.4 is 0 Å².